The lowest BCUT2D eigenvalue weighted by molar-refractivity contribution is 0.0984. The number of aryl methyl sites for hydroxylation is 2. The maximum absolute atomic E-state index is 13.8. The Kier molecular flexibility index (Phi) is 5.68. The lowest BCUT2D eigenvalue weighted by Crippen LogP contribution is -2.41. The van der Waals surface area contributed by atoms with Crippen molar-refractivity contribution in [3.63, 3.8) is 0 Å². The summed E-state index contributed by atoms with van der Waals surface area (Å²) in [5.74, 6) is -0.483. The second-order valence-corrected chi connectivity index (χ2v) is 10.2. The number of hydrogen-bond donors (Lipinski definition) is 0. The van der Waals surface area contributed by atoms with Crippen LogP contribution in [0.1, 0.15) is 54.1 Å². The Morgan fingerprint density at radius 1 is 1.07 bits per heavy atom. The minimum atomic E-state index is -3.57. The van der Waals surface area contributed by atoms with Crippen LogP contribution in [0.4, 0.5) is 10.1 Å². The first-order valence-corrected chi connectivity index (χ1v) is 12.0. The normalized spacial score (nSPS) is 20.1. The van der Waals surface area contributed by atoms with Gasteiger partial charge in [-0.15, -0.1) is 0 Å². The molecule has 0 saturated carbocycles. The van der Waals surface area contributed by atoms with Crippen LogP contribution in [0.25, 0.3) is 0 Å². The van der Waals surface area contributed by atoms with Gasteiger partial charge >= 0.3 is 0 Å². The van der Waals surface area contributed by atoms with E-state index in [9.17, 15) is 17.6 Å². The molecule has 0 aliphatic carbocycles. The molecule has 2 aromatic carbocycles. The molecule has 2 heterocycles. The fourth-order valence-corrected chi connectivity index (χ4v) is 6.31. The van der Waals surface area contributed by atoms with Crippen LogP contribution in [0.15, 0.2) is 41.3 Å². The summed E-state index contributed by atoms with van der Waals surface area (Å²) >= 11 is 0. The van der Waals surface area contributed by atoms with Crippen LogP contribution in [-0.2, 0) is 16.4 Å². The molecule has 160 valence electrons. The van der Waals surface area contributed by atoms with Crippen LogP contribution in [0, 0.1) is 12.7 Å². The number of anilines is 1. The third-order valence-corrected chi connectivity index (χ3v) is 8.16. The highest BCUT2D eigenvalue weighted by atomic mass is 32.2. The average molecular weight is 431 g/mol. The highest BCUT2D eigenvalue weighted by Gasteiger charge is 2.31. The second-order valence-electron chi connectivity index (χ2n) is 8.28. The van der Waals surface area contributed by atoms with E-state index in [4.69, 9.17) is 0 Å². The zero-order chi connectivity index (χ0) is 21.5. The van der Waals surface area contributed by atoms with Crippen molar-refractivity contribution in [3.8, 4) is 0 Å². The summed E-state index contributed by atoms with van der Waals surface area (Å²) < 4.78 is 41.4. The fraction of sp³-hybridized carbons (Fsp3) is 0.435. The zero-order valence-electron chi connectivity index (χ0n) is 17.4. The number of carbonyl (C=O) groups is 1. The van der Waals surface area contributed by atoms with Crippen molar-refractivity contribution in [3.05, 3.63) is 58.9 Å². The van der Waals surface area contributed by atoms with Crippen LogP contribution >= 0.6 is 0 Å². The zero-order valence-corrected chi connectivity index (χ0v) is 18.2. The van der Waals surface area contributed by atoms with E-state index in [2.05, 4.69) is 0 Å². The van der Waals surface area contributed by atoms with Crippen LogP contribution in [0.3, 0.4) is 0 Å². The quantitative estimate of drug-likeness (QED) is 0.730. The number of nitrogens with zero attached hydrogens (tertiary/aromatic N) is 2. The Hall–Kier alpha value is -2.25. The van der Waals surface area contributed by atoms with E-state index in [-0.39, 0.29) is 22.7 Å². The number of halogens is 1. The number of piperidine rings is 1. The molecule has 4 rings (SSSR count). The first-order chi connectivity index (χ1) is 14.3. The lowest BCUT2D eigenvalue weighted by atomic mass is 9.97. The average Bonchev–Trinajstić information content (AvgIpc) is 2.73. The maximum Gasteiger partial charge on any atom is 0.258 e. The van der Waals surface area contributed by atoms with E-state index in [1.807, 2.05) is 13.8 Å². The topological polar surface area (TPSA) is 57.7 Å². The summed E-state index contributed by atoms with van der Waals surface area (Å²) in [6, 6.07) is 9.13. The van der Waals surface area contributed by atoms with E-state index in [1.165, 1.54) is 24.3 Å². The predicted octanol–water partition coefficient (Wildman–Crippen LogP) is 4.29. The van der Waals surface area contributed by atoms with Gasteiger partial charge in [0.1, 0.15) is 5.82 Å². The van der Waals surface area contributed by atoms with E-state index in [0.29, 0.717) is 18.7 Å². The molecule has 2 aliphatic rings. The van der Waals surface area contributed by atoms with Crippen LogP contribution in [-0.4, -0.2) is 37.8 Å². The summed E-state index contributed by atoms with van der Waals surface area (Å²) in [6.07, 6.45) is 4.28. The number of fused-ring (bicyclic) bond motifs is 1. The number of amides is 1. The molecule has 1 unspecified atom stereocenters. The van der Waals surface area contributed by atoms with Gasteiger partial charge in [0.2, 0.25) is 10.0 Å². The smallest absolute Gasteiger partial charge is 0.258 e. The maximum atomic E-state index is 13.8. The number of carbonyl (C=O) groups excluding carboxylic acids is 1. The number of benzene rings is 2. The van der Waals surface area contributed by atoms with Crippen molar-refractivity contribution in [1.29, 1.82) is 0 Å². The Labute approximate surface area is 177 Å². The second kappa shape index (κ2) is 8.12. The van der Waals surface area contributed by atoms with Gasteiger partial charge in [-0.05, 0) is 87.1 Å². The molecule has 0 N–H and O–H groups in total. The SMILES string of the molecule is Cc1cc(F)cc2c1N(C(=O)c1ccc(S(=O)(=O)N3CCCCC3C)cc1)CCC2. The summed E-state index contributed by atoms with van der Waals surface area (Å²) in [5.41, 5.74) is 2.77. The Morgan fingerprint density at radius 3 is 2.50 bits per heavy atom. The highest BCUT2D eigenvalue weighted by Crippen LogP contribution is 2.33. The summed E-state index contributed by atoms with van der Waals surface area (Å²) in [7, 11) is -3.57. The molecule has 1 saturated heterocycles. The minimum absolute atomic E-state index is 0.0155. The minimum Gasteiger partial charge on any atom is -0.308 e. The van der Waals surface area contributed by atoms with Gasteiger partial charge in [0.05, 0.1) is 10.6 Å². The summed E-state index contributed by atoms with van der Waals surface area (Å²) in [4.78, 5) is 15.1. The van der Waals surface area contributed by atoms with E-state index < -0.39 is 10.0 Å². The molecule has 0 bridgehead atoms. The molecule has 5 nitrogen and oxygen atoms in total. The standard InChI is InChI=1S/C23H27FN2O3S/c1-16-14-20(24)15-19-7-5-12-25(22(16)19)23(27)18-8-10-21(11-9-18)30(28,29)26-13-4-3-6-17(26)2/h8-11,14-15,17H,3-7,12-13H2,1-2H3. The van der Waals surface area contributed by atoms with Crippen LogP contribution in [0.2, 0.25) is 0 Å². The van der Waals surface area contributed by atoms with E-state index in [1.54, 1.807) is 21.3 Å². The van der Waals surface area contributed by atoms with Crippen molar-refractivity contribution in [1.82, 2.24) is 4.31 Å². The molecular formula is C23H27FN2O3S. The number of hydrogen-bond acceptors (Lipinski definition) is 3. The van der Waals surface area contributed by atoms with Gasteiger partial charge in [-0.1, -0.05) is 6.42 Å². The van der Waals surface area contributed by atoms with Crippen LogP contribution < -0.4 is 4.90 Å². The first-order valence-electron chi connectivity index (χ1n) is 10.5. The number of sulfonamides is 1. The van der Waals surface area contributed by atoms with Crippen LogP contribution in [0.5, 0.6) is 0 Å². The molecule has 2 aliphatic heterocycles. The van der Waals surface area contributed by atoms with Gasteiger partial charge in [0.25, 0.3) is 5.91 Å². The third kappa shape index (κ3) is 3.76. The molecular weight excluding hydrogens is 403 g/mol. The van der Waals surface area contributed by atoms with Gasteiger partial charge in [0.15, 0.2) is 0 Å². The van der Waals surface area contributed by atoms with Gasteiger partial charge in [0, 0.05) is 24.7 Å². The third-order valence-electron chi connectivity index (χ3n) is 6.14. The van der Waals surface area contributed by atoms with Gasteiger partial charge in [-0.3, -0.25) is 4.79 Å². The molecule has 7 heteroatoms. The van der Waals surface area contributed by atoms with Crippen molar-refractivity contribution in [2.24, 2.45) is 0 Å². The molecule has 1 amide bonds. The molecule has 1 fully saturated rings. The molecule has 0 radical (unpaired) electrons. The van der Waals surface area contributed by atoms with Crippen molar-refractivity contribution in [2.45, 2.75) is 56.9 Å². The summed E-state index contributed by atoms with van der Waals surface area (Å²) in [6.45, 7) is 4.84. The molecule has 2 aromatic rings. The van der Waals surface area contributed by atoms with E-state index in [0.717, 1.165) is 48.9 Å². The number of rotatable bonds is 3. The fourth-order valence-electron chi connectivity index (χ4n) is 4.61. The van der Waals surface area contributed by atoms with Crippen molar-refractivity contribution >= 4 is 21.6 Å². The van der Waals surface area contributed by atoms with Crippen molar-refractivity contribution in [2.75, 3.05) is 18.0 Å². The molecule has 30 heavy (non-hydrogen) atoms. The Bertz CT molecular complexity index is 1070. The molecule has 0 aromatic heterocycles. The lowest BCUT2D eigenvalue weighted by Gasteiger charge is -2.32. The summed E-state index contributed by atoms with van der Waals surface area (Å²) in [5, 5.41) is 0. The monoisotopic (exact) mass is 430 g/mol. The van der Waals surface area contributed by atoms with Gasteiger partial charge in [-0.25, -0.2) is 12.8 Å². The van der Waals surface area contributed by atoms with E-state index >= 15 is 0 Å². The first kappa shape index (κ1) is 21.0. The van der Waals surface area contributed by atoms with Gasteiger partial charge < -0.3 is 4.90 Å². The Balaban J connectivity index is 1.61. The molecule has 0 spiro atoms. The largest absolute Gasteiger partial charge is 0.308 e. The Morgan fingerprint density at radius 2 is 1.80 bits per heavy atom. The van der Waals surface area contributed by atoms with Crippen molar-refractivity contribution < 1.29 is 17.6 Å². The molecule has 1 atom stereocenters. The highest BCUT2D eigenvalue weighted by molar-refractivity contribution is 7.89. The predicted molar refractivity (Wildman–Crippen MR) is 115 cm³/mol. The van der Waals surface area contributed by atoms with Gasteiger partial charge in [-0.2, -0.15) is 4.31 Å².